The number of thiazole rings is 1. The first-order valence-electron chi connectivity index (χ1n) is 7.27. The lowest BCUT2D eigenvalue weighted by Crippen LogP contribution is -2.49. The molecule has 6 heteroatoms. The number of aliphatic hydroxyl groups is 1. The van der Waals surface area contributed by atoms with E-state index in [1.165, 1.54) is 23.5 Å². The van der Waals surface area contributed by atoms with E-state index in [0.717, 1.165) is 31.2 Å². The average molecular weight is 320 g/mol. The van der Waals surface area contributed by atoms with Crippen molar-refractivity contribution in [1.82, 2.24) is 10.3 Å². The van der Waals surface area contributed by atoms with Crippen LogP contribution in [0, 0.1) is 5.82 Å². The van der Waals surface area contributed by atoms with E-state index in [-0.39, 0.29) is 18.3 Å². The van der Waals surface area contributed by atoms with Crippen LogP contribution in [-0.4, -0.2) is 28.1 Å². The first kappa shape index (κ1) is 15.1. The van der Waals surface area contributed by atoms with Gasteiger partial charge in [-0.1, -0.05) is 12.8 Å². The van der Waals surface area contributed by atoms with Crippen molar-refractivity contribution < 1.29 is 14.3 Å². The molecule has 116 valence electrons. The van der Waals surface area contributed by atoms with Crippen LogP contribution in [-0.2, 0) is 0 Å². The molecule has 1 amide bonds. The second kappa shape index (κ2) is 6.14. The summed E-state index contributed by atoms with van der Waals surface area (Å²) < 4.78 is 12.9. The Labute approximate surface area is 132 Å². The number of nitrogens with zero attached hydrogens (tertiary/aromatic N) is 1. The van der Waals surface area contributed by atoms with E-state index in [9.17, 15) is 14.3 Å². The number of hydrogen-bond acceptors (Lipinski definition) is 4. The summed E-state index contributed by atoms with van der Waals surface area (Å²) in [6.07, 6.45) is 3.62. The molecule has 1 aliphatic carbocycles. The molecule has 22 heavy (non-hydrogen) atoms. The Morgan fingerprint density at radius 2 is 2.00 bits per heavy atom. The SMILES string of the molecule is O=C(NC1(CO)CCCC1)c1csc(-c2ccc(F)cc2)n1. The van der Waals surface area contributed by atoms with Crippen LogP contribution in [0.5, 0.6) is 0 Å². The van der Waals surface area contributed by atoms with Crippen LogP contribution < -0.4 is 5.32 Å². The summed E-state index contributed by atoms with van der Waals surface area (Å²) in [5, 5.41) is 14.8. The first-order chi connectivity index (χ1) is 10.6. The van der Waals surface area contributed by atoms with Crippen molar-refractivity contribution >= 4 is 17.2 Å². The van der Waals surface area contributed by atoms with Gasteiger partial charge in [0.15, 0.2) is 0 Å². The predicted molar refractivity (Wildman–Crippen MR) is 83.3 cm³/mol. The Hall–Kier alpha value is -1.79. The zero-order chi connectivity index (χ0) is 15.6. The third-order valence-electron chi connectivity index (χ3n) is 4.07. The minimum absolute atomic E-state index is 0.0479. The lowest BCUT2D eigenvalue weighted by Gasteiger charge is -2.27. The highest BCUT2D eigenvalue weighted by molar-refractivity contribution is 7.13. The van der Waals surface area contributed by atoms with Gasteiger partial charge in [-0.05, 0) is 37.1 Å². The molecule has 0 saturated heterocycles. The summed E-state index contributed by atoms with van der Waals surface area (Å²) in [5.41, 5.74) is 0.615. The van der Waals surface area contributed by atoms with E-state index in [1.54, 1.807) is 17.5 Å². The largest absolute Gasteiger partial charge is 0.394 e. The summed E-state index contributed by atoms with van der Waals surface area (Å²) in [4.78, 5) is 16.6. The predicted octanol–water partition coefficient (Wildman–Crippen LogP) is 2.98. The maximum atomic E-state index is 12.9. The number of aliphatic hydroxyl groups excluding tert-OH is 1. The Morgan fingerprint density at radius 3 is 2.64 bits per heavy atom. The van der Waals surface area contributed by atoms with E-state index in [0.29, 0.717) is 10.7 Å². The fourth-order valence-corrected chi connectivity index (χ4v) is 3.59. The van der Waals surface area contributed by atoms with Gasteiger partial charge in [0.2, 0.25) is 0 Å². The first-order valence-corrected chi connectivity index (χ1v) is 8.15. The number of nitrogens with one attached hydrogen (secondary N) is 1. The summed E-state index contributed by atoms with van der Waals surface area (Å²) in [6, 6.07) is 6.02. The molecule has 0 radical (unpaired) electrons. The van der Waals surface area contributed by atoms with Crippen molar-refractivity contribution in [3.05, 3.63) is 41.2 Å². The normalized spacial score (nSPS) is 16.6. The van der Waals surface area contributed by atoms with Crippen LogP contribution in [0.15, 0.2) is 29.6 Å². The molecule has 1 fully saturated rings. The number of benzene rings is 1. The van der Waals surface area contributed by atoms with Crippen LogP contribution in [0.2, 0.25) is 0 Å². The van der Waals surface area contributed by atoms with Gasteiger partial charge >= 0.3 is 0 Å². The highest BCUT2D eigenvalue weighted by atomic mass is 32.1. The highest BCUT2D eigenvalue weighted by Gasteiger charge is 2.35. The topological polar surface area (TPSA) is 62.2 Å². The summed E-state index contributed by atoms with van der Waals surface area (Å²) >= 11 is 1.34. The van der Waals surface area contributed by atoms with Gasteiger partial charge in [-0.25, -0.2) is 9.37 Å². The van der Waals surface area contributed by atoms with Gasteiger partial charge < -0.3 is 10.4 Å². The molecule has 0 unspecified atom stereocenters. The Balaban J connectivity index is 1.75. The third kappa shape index (κ3) is 3.03. The molecule has 4 nitrogen and oxygen atoms in total. The molecular weight excluding hydrogens is 303 g/mol. The number of halogens is 1. The van der Waals surface area contributed by atoms with Gasteiger partial charge in [-0.15, -0.1) is 11.3 Å². The van der Waals surface area contributed by atoms with E-state index in [2.05, 4.69) is 10.3 Å². The minimum Gasteiger partial charge on any atom is -0.394 e. The monoisotopic (exact) mass is 320 g/mol. The number of hydrogen-bond donors (Lipinski definition) is 2. The number of amides is 1. The smallest absolute Gasteiger partial charge is 0.271 e. The fraction of sp³-hybridized carbons (Fsp3) is 0.375. The van der Waals surface area contributed by atoms with Crippen LogP contribution in [0.1, 0.15) is 36.2 Å². The average Bonchev–Trinajstić information content (AvgIpc) is 3.18. The zero-order valence-corrected chi connectivity index (χ0v) is 12.8. The van der Waals surface area contributed by atoms with Gasteiger partial charge in [0.05, 0.1) is 12.1 Å². The van der Waals surface area contributed by atoms with Gasteiger partial charge in [-0.3, -0.25) is 4.79 Å². The van der Waals surface area contributed by atoms with E-state index >= 15 is 0 Å². The molecule has 0 spiro atoms. The molecule has 1 aromatic heterocycles. The maximum Gasteiger partial charge on any atom is 0.271 e. The quantitative estimate of drug-likeness (QED) is 0.910. The van der Waals surface area contributed by atoms with Gasteiger partial charge in [0.25, 0.3) is 5.91 Å². The van der Waals surface area contributed by atoms with Crippen molar-refractivity contribution in [3.8, 4) is 10.6 Å². The number of aromatic nitrogens is 1. The molecule has 1 aliphatic rings. The molecule has 2 N–H and O–H groups in total. The molecular formula is C16H17FN2O2S. The van der Waals surface area contributed by atoms with E-state index < -0.39 is 5.54 Å². The number of carbonyl (C=O) groups excluding carboxylic acids is 1. The third-order valence-corrected chi connectivity index (χ3v) is 4.96. The Morgan fingerprint density at radius 1 is 1.32 bits per heavy atom. The lowest BCUT2D eigenvalue weighted by molar-refractivity contribution is 0.0834. The second-order valence-electron chi connectivity index (χ2n) is 5.64. The van der Waals surface area contributed by atoms with Crippen LogP contribution in [0.4, 0.5) is 4.39 Å². The number of carbonyl (C=O) groups is 1. The number of rotatable bonds is 4. The van der Waals surface area contributed by atoms with Gasteiger partial charge in [-0.2, -0.15) is 0 Å². The fourth-order valence-electron chi connectivity index (χ4n) is 2.78. The van der Waals surface area contributed by atoms with Crippen molar-refractivity contribution in [3.63, 3.8) is 0 Å². The van der Waals surface area contributed by atoms with Gasteiger partial charge in [0, 0.05) is 10.9 Å². The summed E-state index contributed by atoms with van der Waals surface area (Å²) in [5.74, 6) is -0.565. The maximum absolute atomic E-state index is 12.9. The molecule has 2 aromatic rings. The molecule has 1 saturated carbocycles. The molecule has 1 heterocycles. The van der Waals surface area contributed by atoms with E-state index in [4.69, 9.17) is 0 Å². The van der Waals surface area contributed by atoms with Crippen LogP contribution in [0.3, 0.4) is 0 Å². The molecule has 0 atom stereocenters. The van der Waals surface area contributed by atoms with Gasteiger partial charge in [0.1, 0.15) is 16.5 Å². The molecule has 3 rings (SSSR count). The van der Waals surface area contributed by atoms with Crippen molar-refractivity contribution in [2.75, 3.05) is 6.61 Å². The summed E-state index contributed by atoms with van der Waals surface area (Å²) in [7, 11) is 0. The molecule has 1 aromatic carbocycles. The minimum atomic E-state index is -0.503. The van der Waals surface area contributed by atoms with Crippen molar-refractivity contribution in [2.24, 2.45) is 0 Å². The zero-order valence-electron chi connectivity index (χ0n) is 12.0. The second-order valence-corrected chi connectivity index (χ2v) is 6.50. The Kier molecular flexibility index (Phi) is 4.22. The molecule has 0 bridgehead atoms. The highest BCUT2D eigenvalue weighted by Crippen LogP contribution is 2.30. The van der Waals surface area contributed by atoms with Crippen LogP contribution in [0.25, 0.3) is 10.6 Å². The van der Waals surface area contributed by atoms with Crippen molar-refractivity contribution in [1.29, 1.82) is 0 Å². The van der Waals surface area contributed by atoms with Crippen molar-refractivity contribution in [2.45, 2.75) is 31.2 Å². The standard InChI is InChI=1S/C16H17FN2O2S/c17-12-5-3-11(4-6-12)15-18-13(9-22-15)14(21)19-16(10-20)7-1-2-8-16/h3-6,9,20H,1-2,7-8,10H2,(H,19,21). The Bertz CT molecular complexity index is 663. The van der Waals surface area contributed by atoms with Crippen LogP contribution >= 0.6 is 11.3 Å². The molecule has 0 aliphatic heterocycles. The lowest BCUT2D eigenvalue weighted by atomic mass is 9.99. The summed E-state index contributed by atoms with van der Waals surface area (Å²) in [6.45, 7) is -0.0479. The van der Waals surface area contributed by atoms with E-state index in [1.807, 2.05) is 0 Å².